The summed E-state index contributed by atoms with van der Waals surface area (Å²) >= 11 is 1.09. The third-order valence-corrected chi connectivity index (χ3v) is 3.63. The number of nitrogens with one attached hydrogen (secondary N) is 1. The first-order chi connectivity index (χ1) is 9.58. The normalized spacial score (nSPS) is 10.1. The van der Waals surface area contributed by atoms with E-state index in [4.69, 9.17) is 9.84 Å². The molecule has 1 amide bonds. The van der Waals surface area contributed by atoms with Gasteiger partial charge in [-0.25, -0.2) is 4.79 Å². The molecule has 2 N–H and O–H groups in total. The zero-order valence-electron chi connectivity index (χ0n) is 10.8. The molecule has 0 aliphatic heterocycles. The molecule has 0 spiro atoms. The molecule has 20 heavy (non-hydrogen) atoms. The highest BCUT2D eigenvalue weighted by molar-refractivity contribution is 7.12. The van der Waals surface area contributed by atoms with Crippen molar-refractivity contribution in [2.45, 2.75) is 6.92 Å². The van der Waals surface area contributed by atoms with Crippen LogP contribution in [-0.2, 0) is 4.79 Å². The fourth-order valence-corrected chi connectivity index (χ4v) is 2.44. The Kier molecular flexibility index (Phi) is 4.37. The number of hydrogen-bond acceptors (Lipinski definition) is 4. The van der Waals surface area contributed by atoms with E-state index in [1.165, 1.54) is 0 Å². The van der Waals surface area contributed by atoms with Crippen molar-refractivity contribution >= 4 is 28.9 Å². The number of benzene rings is 1. The van der Waals surface area contributed by atoms with Crippen molar-refractivity contribution in [3.05, 3.63) is 46.2 Å². The van der Waals surface area contributed by atoms with Gasteiger partial charge in [-0.2, -0.15) is 0 Å². The summed E-state index contributed by atoms with van der Waals surface area (Å²) in [6.45, 7) is 1.58. The van der Waals surface area contributed by atoms with E-state index in [1.54, 1.807) is 36.6 Å². The number of carboxylic acids is 1. The smallest absolute Gasteiger partial charge is 0.348 e. The molecule has 0 saturated heterocycles. The molecule has 0 atom stereocenters. The third kappa shape index (κ3) is 3.36. The van der Waals surface area contributed by atoms with Crippen molar-refractivity contribution in [1.29, 1.82) is 0 Å². The quantitative estimate of drug-likeness (QED) is 0.888. The molecule has 0 fully saturated rings. The molecule has 0 saturated carbocycles. The maximum Gasteiger partial charge on any atom is 0.348 e. The first-order valence-electron chi connectivity index (χ1n) is 5.87. The zero-order valence-corrected chi connectivity index (χ0v) is 11.6. The number of carboxylic acid groups (broad SMARTS) is 1. The fraction of sp³-hybridized carbons (Fsp3) is 0.143. The number of para-hydroxylation sites is 1. The SMILES string of the molecule is Cc1csc(C(=O)O)c1NC(=O)COc1ccccc1. The number of thiophene rings is 1. The minimum atomic E-state index is -1.05. The molecule has 1 aromatic heterocycles. The van der Waals surface area contributed by atoms with E-state index in [0.717, 1.165) is 16.9 Å². The van der Waals surface area contributed by atoms with E-state index in [0.29, 0.717) is 11.4 Å². The van der Waals surface area contributed by atoms with Crippen molar-refractivity contribution in [3.63, 3.8) is 0 Å². The molecule has 0 aliphatic rings. The van der Waals surface area contributed by atoms with Gasteiger partial charge in [-0.3, -0.25) is 4.79 Å². The van der Waals surface area contributed by atoms with Crippen LogP contribution in [0.2, 0.25) is 0 Å². The summed E-state index contributed by atoms with van der Waals surface area (Å²) in [7, 11) is 0. The highest BCUT2D eigenvalue weighted by atomic mass is 32.1. The number of carbonyl (C=O) groups excluding carboxylic acids is 1. The molecule has 0 aliphatic carbocycles. The highest BCUT2D eigenvalue weighted by Gasteiger charge is 2.17. The van der Waals surface area contributed by atoms with Crippen LogP contribution in [0, 0.1) is 6.92 Å². The van der Waals surface area contributed by atoms with Crippen LogP contribution in [0.5, 0.6) is 5.75 Å². The lowest BCUT2D eigenvalue weighted by molar-refractivity contribution is -0.118. The lowest BCUT2D eigenvalue weighted by Gasteiger charge is -2.08. The van der Waals surface area contributed by atoms with Crippen LogP contribution in [-0.4, -0.2) is 23.6 Å². The lowest BCUT2D eigenvalue weighted by Crippen LogP contribution is -2.21. The Hall–Kier alpha value is -2.34. The van der Waals surface area contributed by atoms with Crippen molar-refractivity contribution in [2.75, 3.05) is 11.9 Å². The van der Waals surface area contributed by atoms with E-state index >= 15 is 0 Å². The molecular formula is C14H13NO4S. The van der Waals surface area contributed by atoms with Crippen LogP contribution in [0.25, 0.3) is 0 Å². The van der Waals surface area contributed by atoms with E-state index in [-0.39, 0.29) is 11.5 Å². The number of hydrogen-bond donors (Lipinski definition) is 2. The molecule has 0 unspecified atom stereocenters. The number of amides is 1. The second-order valence-corrected chi connectivity index (χ2v) is 4.96. The molecular weight excluding hydrogens is 278 g/mol. The van der Waals surface area contributed by atoms with Crippen LogP contribution >= 0.6 is 11.3 Å². The number of ether oxygens (including phenoxy) is 1. The Bertz CT molecular complexity index is 621. The molecule has 0 bridgehead atoms. The van der Waals surface area contributed by atoms with Gasteiger partial charge in [0.15, 0.2) is 6.61 Å². The first kappa shape index (κ1) is 14.1. The van der Waals surface area contributed by atoms with Crippen LogP contribution in [0.4, 0.5) is 5.69 Å². The number of carbonyl (C=O) groups is 2. The van der Waals surface area contributed by atoms with E-state index in [9.17, 15) is 9.59 Å². The van der Waals surface area contributed by atoms with Gasteiger partial charge in [-0.15, -0.1) is 11.3 Å². The number of anilines is 1. The summed E-state index contributed by atoms with van der Waals surface area (Å²) in [5, 5.41) is 13.3. The minimum absolute atomic E-state index is 0.121. The van der Waals surface area contributed by atoms with Gasteiger partial charge in [0.1, 0.15) is 10.6 Å². The van der Waals surface area contributed by atoms with Gasteiger partial charge in [0, 0.05) is 0 Å². The Morgan fingerprint density at radius 1 is 1.30 bits per heavy atom. The van der Waals surface area contributed by atoms with Crippen molar-refractivity contribution in [3.8, 4) is 5.75 Å². The molecule has 1 aromatic carbocycles. The molecule has 1 heterocycles. The largest absolute Gasteiger partial charge is 0.484 e. The van der Waals surface area contributed by atoms with Crippen LogP contribution in [0.15, 0.2) is 35.7 Å². The average molecular weight is 291 g/mol. The van der Waals surface area contributed by atoms with E-state index in [2.05, 4.69) is 5.32 Å². The topological polar surface area (TPSA) is 75.6 Å². The second kappa shape index (κ2) is 6.21. The third-order valence-electron chi connectivity index (χ3n) is 2.55. The standard InChI is InChI=1S/C14H13NO4S/c1-9-8-20-13(14(17)18)12(9)15-11(16)7-19-10-5-3-2-4-6-10/h2-6,8H,7H2,1H3,(H,15,16)(H,17,18). The fourth-order valence-electron chi connectivity index (χ4n) is 1.60. The maximum absolute atomic E-state index is 11.8. The van der Waals surface area contributed by atoms with Crippen molar-refractivity contribution in [1.82, 2.24) is 0 Å². The van der Waals surface area contributed by atoms with Crippen LogP contribution in [0.3, 0.4) is 0 Å². The minimum Gasteiger partial charge on any atom is -0.484 e. The first-order valence-corrected chi connectivity index (χ1v) is 6.75. The van der Waals surface area contributed by atoms with Gasteiger partial charge in [-0.05, 0) is 30.0 Å². The predicted octanol–water partition coefficient (Wildman–Crippen LogP) is 2.77. The van der Waals surface area contributed by atoms with Gasteiger partial charge in [0.25, 0.3) is 5.91 Å². The van der Waals surface area contributed by atoms with Gasteiger partial charge in [-0.1, -0.05) is 18.2 Å². The summed E-state index contributed by atoms with van der Waals surface area (Å²) in [5.74, 6) is -0.858. The summed E-state index contributed by atoms with van der Waals surface area (Å²) in [6.07, 6.45) is 0. The van der Waals surface area contributed by atoms with E-state index < -0.39 is 11.9 Å². The predicted molar refractivity (Wildman–Crippen MR) is 76.6 cm³/mol. The summed E-state index contributed by atoms with van der Waals surface area (Å²) in [5.41, 5.74) is 1.06. The van der Waals surface area contributed by atoms with Crippen molar-refractivity contribution in [2.24, 2.45) is 0 Å². The van der Waals surface area contributed by atoms with Gasteiger partial charge in [0.05, 0.1) is 5.69 Å². The zero-order chi connectivity index (χ0) is 14.5. The van der Waals surface area contributed by atoms with Crippen LogP contribution in [0.1, 0.15) is 15.2 Å². The monoisotopic (exact) mass is 291 g/mol. The average Bonchev–Trinajstić information content (AvgIpc) is 2.79. The molecule has 2 aromatic rings. The molecule has 6 heteroatoms. The molecule has 2 rings (SSSR count). The Balaban J connectivity index is 1.98. The number of rotatable bonds is 5. The Morgan fingerprint density at radius 3 is 2.65 bits per heavy atom. The van der Waals surface area contributed by atoms with Gasteiger partial charge < -0.3 is 15.2 Å². The second-order valence-electron chi connectivity index (χ2n) is 4.08. The Labute approximate surface area is 119 Å². The van der Waals surface area contributed by atoms with Gasteiger partial charge >= 0.3 is 5.97 Å². The molecule has 5 nitrogen and oxygen atoms in total. The highest BCUT2D eigenvalue weighted by Crippen LogP contribution is 2.27. The summed E-state index contributed by atoms with van der Waals surface area (Å²) in [4.78, 5) is 22.9. The molecule has 0 radical (unpaired) electrons. The van der Waals surface area contributed by atoms with E-state index in [1.807, 2.05) is 6.07 Å². The summed E-state index contributed by atoms with van der Waals surface area (Å²) < 4.78 is 5.30. The number of aromatic carboxylic acids is 1. The number of aryl methyl sites for hydroxylation is 1. The lowest BCUT2D eigenvalue weighted by atomic mass is 10.2. The van der Waals surface area contributed by atoms with Gasteiger partial charge in [0.2, 0.25) is 0 Å². The summed E-state index contributed by atoms with van der Waals surface area (Å²) in [6, 6.07) is 8.94. The van der Waals surface area contributed by atoms with Crippen molar-refractivity contribution < 1.29 is 19.4 Å². The maximum atomic E-state index is 11.8. The molecule has 104 valence electrons. The Morgan fingerprint density at radius 2 is 2.00 bits per heavy atom. The van der Waals surface area contributed by atoms with Crippen LogP contribution < -0.4 is 10.1 Å².